The zero-order valence-corrected chi connectivity index (χ0v) is 21.6. The Bertz CT molecular complexity index is 1380. The van der Waals surface area contributed by atoms with Gasteiger partial charge in [0.15, 0.2) is 6.61 Å². The van der Waals surface area contributed by atoms with Crippen LogP contribution in [0.5, 0.6) is 5.88 Å². The second-order valence-electron chi connectivity index (χ2n) is 7.73. The Morgan fingerprint density at radius 3 is 2.64 bits per heavy atom. The lowest BCUT2D eigenvalue weighted by atomic mass is 10.1. The summed E-state index contributed by atoms with van der Waals surface area (Å²) >= 11 is 3.40. The van der Waals surface area contributed by atoms with E-state index in [1.54, 1.807) is 19.1 Å². The quantitative estimate of drug-likeness (QED) is 0.239. The fourth-order valence-electron chi connectivity index (χ4n) is 3.59. The molecule has 0 spiro atoms. The molecule has 3 aromatic rings. The van der Waals surface area contributed by atoms with Gasteiger partial charge >= 0.3 is 0 Å². The predicted molar refractivity (Wildman–Crippen MR) is 135 cm³/mol. The van der Waals surface area contributed by atoms with Gasteiger partial charge in [-0.3, -0.25) is 14.9 Å². The molecular weight excluding hydrogens is 532 g/mol. The number of amides is 1. The largest absolute Gasteiger partial charge is 0.467 e. The number of hydrazone groups is 1. The number of carbonyl (C=O) groups excluding carboxylic acids is 1. The number of benzene rings is 1. The van der Waals surface area contributed by atoms with Crippen molar-refractivity contribution in [2.75, 3.05) is 13.7 Å². The van der Waals surface area contributed by atoms with Crippen LogP contribution in [0.25, 0.3) is 5.69 Å². The summed E-state index contributed by atoms with van der Waals surface area (Å²) in [5, 5.41) is 24.4. The van der Waals surface area contributed by atoms with Crippen LogP contribution in [0, 0.1) is 42.2 Å². The van der Waals surface area contributed by atoms with E-state index in [4.69, 9.17) is 9.47 Å². The summed E-state index contributed by atoms with van der Waals surface area (Å²) in [6, 6.07) is 10.2. The lowest BCUT2D eigenvalue weighted by molar-refractivity contribution is -0.384. The van der Waals surface area contributed by atoms with E-state index in [0.29, 0.717) is 15.7 Å². The van der Waals surface area contributed by atoms with E-state index in [1.165, 1.54) is 25.5 Å². The first-order valence-corrected chi connectivity index (χ1v) is 11.4. The zero-order chi connectivity index (χ0) is 26.4. The van der Waals surface area contributed by atoms with Crippen molar-refractivity contribution in [2.45, 2.75) is 27.4 Å². The minimum atomic E-state index is -0.532. The van der Waals surface area contributed by atoms with Gasteiger partial charge in [0.05, 0.1) is 23.4 Å². The lowest BCUT2D eigenvalue weighted by Crippen LogP contribution is -2.25. The van der Waals surface area contributed by atoms with Crippen molar-refractivity contribution in [3.05, 3.63) is 78.7 Å². The summed E-state index contributed by atoms with van der Waals surface area (Å²) in [5.74, 6) is -0.494. The minimum absolute atomic E-state index is 0.0123. The van der Waals surface area contributed by atoms with Gasteiger partial charge in [-0.1, -0.05) is 0 Å². The van der Waals surface area contributed by atoms with E-state index in [2.05, 4.69) is 31.4 Å². The summed E-state index contributed by atoms with van der Waals surface area (Å²) < 4.78 is 13.2. The van der Waals surface area contributed by atoms with Gasteiger partial charge in [-0.05, 0) is 54.9 Å². The molecule has 2 aromatic heterocycles. The Morgan fingerprint density at radius 2 is 2.03 bits per heavy atom. The number of hydrogen-bond acceptors (Lipinski definition) is 8. The number of aryl methyl sites for hydroxylation is 2. The van der Waals surface area contributed by atoms with E-state index < -0.39 is 17.4 Å². The highest BCUT2D eigenvalue weighted by Crippen LogP contribution is 2.30. The molecule has 11 nitrogen and oxygen atoms in total. The second-order valence-corrected chi connectivity index (χ2v) is 8.52. The van der Waals surface area contributed by atoms with E-state index in [9.17, 15) is 20.2 Å². The summed E-state index contributed by atoms with van der Waals surface area (Å²) in [7, 11) is 1.51. The molecule has 0 radical (unpaired) electrons. The number of halogens is 1. The number of nitro groups is 1. The number of pyridine rings is 1. The van der Waals surface area contributed by atoms with E-state index in [-0.39, 0.29) is 23.7 Å². The van der Waals surface area contributed by atoms with Gasteiger partial charge in [0.25, 0.3) is 11.6 Å². The maximum absolute atomic E-state index is 12.3. The summed E-state index contributed by atoms with van der Waals surface area (Å²) in [4.78, 5) is 27.0. The van der Waals surface area contributed by atoms with Gasteiger partial charge in [-0.2, -0.15) is 10.4 Å². The molecule has 0 aliphatic rings. The van der Waals surface area contributed by atoms with Crippen molar-refractivity contribution < 1.29 is 19.2 Å². The first-order chi connectivity index (χ1) is 17.2. The number of aromatic nitrogens is 2. The first kappa shape index (κ1) is 26.5. The Balaban J connectivity index is 1.68. The Morgan fingerprint density at radius 1 is 1.33 bits per heavy atom. The third kappa shape index (κ3) is 5.76. The van der Waals surface area contributed by atoms with Crippen LogP contribution in [0.15, 0.2) is 39.9 Å². The maximum Gasteiger partial charge on any atom is 0.278 e. The first-order valence-electron chi connectivity index (χ1n) is 10.6. The summed E-state index contributed by atoms with van der Waals surface area (Å²) in [6.45, 7) is 5.31. The summed E-state index contributed by atoms with van der Waals surface area (Å²) in [5.41, 5.74) is 7.04. The molecule has 1 N–H and O–H groups in total. The molecule has 0 unspecified atom stereocenters. The van der Waals surface area contributed by atoms with Gasteiger partial charge < -0.3 is 14.0 Å². The number of ether oxygens (including phenoxy) is 2. The molecule has 0 bridgehead atoms. The Kier molecular flexibility index (Phi) is 8.52. The molecule has 2 heterocycles. The zero-order valence-electron chi connectivity index (χ0n) is 20.0. The normalized spacial score (nSPS) is 10.9. The number of nitro benzene ring substituents is 1. The average molecular weight is 555 g/mol. The molecule has 0 saturated heterocycles. The molecule has 12 heteroatoms. The molecule has 1 aromatic carbocycles. The van der Waals surface area contributed by atoms with Crippen molar-refractivity contribution in [3.63, 3.8) is 0 Å². The lowest BCUT2D eigenvalue weighted by Gasteiger charge is -2.13. The van der Waals surface area contributed by atoms with Gasteiger partial charge in [0, 0.05) is 51.9 Å². The molecule has 0 aliphatic carbocycles. The fourth-order valence-corrected chi connectivity index (χ4v) is 3.99. The number of rotatable bonds is 9. The number of nitrogens with one attached hydrogen (secondary N) is 1. The van der Waals surface area contributed by atoms with E-state index in [1.807, 2.05) is 30.6 Å². The standard InChI is InChI=1S/C24H23BrN6O5/c1-14-9-17(16(3)30(14)18-5-7-19(8-6-18)31(33)34)11-27-29-22(32)13-36-24-20(10-26)21(12-35-4)23(25)15(2)28-24/h5-9,11H,12-13H2,1-4H3,(H,29,32). The van der Waals surface area contributed by atoms with Crippen LogP contribution in [0.3, 0.4) is 0 Å². The van der Waals surface area contributed by atoms with Crippen LogP contribution < -0.4 is 10.2 Å². The van der Waals surface area contributed by atoms with Gasteiger partial charge in [-0.15, -0.1) is 0 Å². The minimum Gasteiger partial charge on any atom is -0.467 e. The van der Waals surface area contributed by atoms with Crippen LogP contribution >= 0.6 is 15.9 Å². The van der Waals surface area contributed by atoms with Crippen molar-refractivity contribution in [2.24, 2.45) is 5.10 Å². The number of carbonyl (C=O) groups is 1. The van der Waals surface area contributed by atoms with Crippen LogP contribution in [0.1, 0.15) is 33.8 Å². The SMILES string of the molecule is COCc1c(Br)c(C)nc(OCC(=O)NN=Cc2cc(C)n(-c3ccc([N+](=O)[O-])cc3)c2C)c1C#N. The number of nitrogens with zero attached hydrogens (tertiary/aromatic N) is 5. The van der Waals surface area contributed by atoms with Crippen LogP contribution in [-0.4, -0.2) is 40.3 Å². The van der Waals surface area contributed by atoms with E-state index in [0.717, 1.165) is 22.6 Å². The highest BCUT2D eigenvalue weighted by molar-refractivity contribution is 9.10. The topological polar surface area (TPSA) is 145 Å². The van der Waals surface area contributed by atoms with Gasteiger partial charge in [-0.25, -0.2) is 10.4 Å². The highest BCUT2D eigenvalue weighted by atomic mass is 79.9. The Labute approximate surface area is 215 Å². The van der Waals surface area contributed by atoms with Crippen LogP contribution in [0.4, 0.5) is 5.69 Å². The molecule has 0 saturated carbocycles. The third-order valence-electron chi connectivity index (χ3n) is 5.29. The fraction of sp³-hybridized carbons (Fsp3) is 0.250. The van der Waals surface area contributed by atoms with Crippen molar-refractivity contribution >= 4 is 33.7 Å². The summed E-state index contributed by atoms with van der Waals surface area (Å²) in [6.07, 6.45) is 1.50. The van der Waals surface area contributed by atoms with E-state index >= 15 is 0 Å². The van der Waals surface area contributed by atoms with Crippen molar-refractivity contribution in [3.8, 4) is 17.6 Å². The molecule has 1 amide bonds. The molecular formula is C24H23BrN6O5. The van der Waals surface area contributed by atoms with Crippen LogP contribution in [-0.2, 0) is 16.1 Å². The predicted octanol–water partition coefficient (Wildman–Crippen LogP) is 4.02. The molecule has 3 rings (SSSR count). The van der Waals surface area contributed by atoms with Gasteiger partial charge in [0.2, 0.25) is 5.88 Å². The number of methoxy groups -OCH3 is 1. The molecule has 0 atom stereocenters. The maximum atomic E-state index is 12.3. The molecule has 36 heavy (non-hydrogen) atoms. The average Bonchev–Trinajstić information content (AvgIpc) is 3.13. The number of non-ortho nitro benzene ring substituents is 1. The van der Waals surface area contributed by atoms with Gasteiger partial charge in [0.1, 0.15) is 11.6 Å². The molecule has 0 fully saturated rings. The monoisotopic (exact) mass is 554 g/mol. The molecule has 186 valence electrons. The second kappa shape index (κ2) is 11.6. The van der Waals surface area contributed by atoms with Crippen LogP contribution in [0.2, 0.25) is 0 Å². The van der Waals surface area contributed by atoms with Crippen molar-refractivity contribution in [1.82, 2.24) is 15.0 Å². The molecule has 0 aliphatic heterocycles. The third-order valence-corrected chi connectivity index (χ3v) is 6.34. The smallest absolute Gasteiger partial charge is 0.278 e. The number of nitriles is 1. The highest BCUT2D eigenvalue weighted by Gasteiger charge is 2.18. The number of hydrogen-bond donors (Lipinski definition) is 1. The Hall–Kier alpha value is -4.08. The van der Waals surface area contributed by atoms with Crippen molar-refractivity contribution in [1.29, 1.82) is 5.26 Å².